The van der Waals surface area contributed by atoms with Crippen molar-refractivity contribution in [1.82, 2.24) is 5.32 Å². The topological polar surface area (TPSA) is 12.0 Å². The Bertz CT molecular complexity index is 54.5. The first-order chi connectivity index (χ1) is 3.66. The van der Waals surface area contributed by atoms with E-state index in [1.807, 2.05) is 0 Å². The van der Waals surface area contributed by atoms with Crippen molar-refractivity contribution in [1.29, 1.82) is 0 Å². The van der Waals surface area contributed by atoms with Crippen molar-refractivity contribution in [3.05, 3.63) is 0 Å². The minimum Gasteiger partial charge on any atom is -0.303 e. The molecule has 0 fully saturated rings. The van der Waals surface area contributed by atoms with Crippen molar-refractivity contribution in [2.75, 3.05) is 0 Å². The molecule has 0 bridgehead atoms. The predicted molar refractivity (Wildman–Crippen MR) is 46.4 cm³/mol. The average Bonchev–Trinajstić information content (AvgIpc) is 1.65. The van der Waals surface area contributed by atoms with Crippen LogP contribution in [0.25, 0.3) is 0 Å². The zero-order valence-electron chi connectivity index (χ0n) is 5.74. The van der Waals surface area contributed by atoms with Gasteiger partial charge in [0.15, 0.2) is 0 Å². The fraction of sp³-hybridized carbons (Fsp3) is 1.00. The highest BCUT2D eigenvalue weighted by Gasteiger charge is 1.98. The first kappa shape index (κ1) is 8.69. The Kier molecular flexibility index (Phi) is 4.95. The molecule has 0 aromatic rings. The van der Waals surface area contributed by atoms with Gasteiger partial charge in [0, 0.05) is 6.04 Å². The molecule has 0 saturated carbocycles. The van der Waals surface area contributed by atoms with Crippen molar-refractivity contribution < 1.29 is 0 Å². The number of hydrogen-bond acceptors (Lipinski definition) is 1. The molecular formula is C6H14IN. The number of halogens is 1. The van der Waals surface area contributed by atoms with E-state index in [0.29, 0.717) is 10.1 Å². The lowest BCUT2D eigenvalue weighted by atomic mass is 10.3. The summed E-state index contributed by atoms with van der Waals surface area (Å²) in [6, 6.07) is 0.668. The van der Waals surface area contributed by atoms with Crippen LogP contribution in [0, 0.1) is 0 Å². The van der Waals surface area contributed by atoms with E-state index in [0.717, 1.165) is 0 Å². The first-order valence-corrected chi connectivity index (χ1v) is 4.31. The molecule has 0 rings (SSSR count). The summed E-state index contributed by atoms with van der Waals surface area (Å²) in [5.41, 5.74) is 0. The molecule has 0 aliphatic carbocycles. The second-order valence-electron chi connectivity index (χ2n) is 2.09. The van der Waals surface area contributed by atoms with E-state index in [2.05, 4.69) is 48.7 Å². The standard InChI is InChI=1S/C6H14IN/c1-4-5(2)8-6(3)7/h5-6,8H,4H2,1-3H3. The van der Waals surface area contributed by atoms with E-state index in [1.165, 1.54) is 6.42 Å². The summed E-state index contributed by atoms with van der Waals surface area (Å²) in [4.78, 5) is 0. The van der Waals surface area contributed by atoms with Crippen molar-refractivity contribution in [2.45, 2.75) is 37.3 Å². The number of rotatable bonds is 3. The van der Waals surface area contributed by atoms with Gasteiger partial charge in [0.25, 0.3) is 0 Å². The highest BCUT2D eigenvalue weighted by Crippen LogP contribution is 1.97. The lowest BCUT2D eigenvalue weighted by Gasteiger charge is -2.12. The van der Waals surface area contributed by atoms with Crippen molar-refractivity contribution >= 4 is 22.6 Å². The third-order valence-corrected chi connectivity index (χ3v) is 1.49. The van der Waals surface area contributed by atoms with Crippen molar-refractivity contribution in [3.8, 4) is 0 Å². The summed E-state index contributed by atoms with van der Waals surface area (Å²) in [7, 11) is 0. The van der Waals surface area contributed by atoms with E-state index >= 15 is 0 Å². The molecule has 0 aliphatic rings. The second-order valence-corrected chi connectivity index (χ2v) is 3.96. The summed E-state index contributed by atoms with van der Waals surface area (Å²) in [6.07, 6.45) is 1.22. The molecule has 8 heavy (non-hydrogen) atoms. The van der Waals surface area contributed by atoms with Gasteiger partial charge in [0.05, 0.1) is 4.05 Å². The summed E-state index contributed by atoms with van der Waals surface area (Å²) < 4.78 is 0.600. The van der Waals surface area contributed by atoms with Crippen molar-refractivity contribution in [3.63, 3.8) is 0 Å². The molecule has 2 atom stereocenters. The molecule has 50 valence electrons. The monoisotopic (exact) mass is 227 g/mol. The smallest absolute Gasteiger partial charge is 0.0566 e. The number of alkyl halides is 1. The van der Waals surface area contributed by atoms with E-state index in [4.69, 9.17) is 0 Å². The normalized spacial score (nSPS) is 18.0. The second kappa shape index (κ2) is 4.56. The third-order valence-electron chi connectivity index (χ3n) is 1.13. The minimum atomic E-state index is 0.600. The predicted octanol–water partition coefficient (Wildman–Crippen LogP) is 2.16. The summed E-state index contributed by atoms with van der Waals surface area (Å²) >= 11 is 2.37. The molecule has 2 heteroatoms. The van der Waals surface area contributed by atoms with Gasteiger partial charge in [0.2, 0.25) is 0 Å². The molecule has 0 saturated heterocycles. The van der Waals surface area contributed by atoms with E-state index in [-0.39, 0.29) is 0 Å². The number of hydrogen-bond donors (Lipinski definition) is 1. The maximum atomic E-state index is 3.38. The van der Waals surface area contributed by atoms with E-state index in [9.17, 15) is 0 Å². The van der Waals surface area contributed by atoms with Gasteiger partial charge in [-0.1, -0.05) is 29.5 Å². The largest absolute Gasteiger partial charge is 0.303 e. The van der Waals surface area contributed by atoms with Crippen LogP contribution >= 0.6 is 22.6 Å². The molecule has 0 radical (unpaired) electrons. The Balaban J connectivity index is 3.10. The zero-order valence-corrected chi connectivity index (χ0v) is 7.90. The third kappa shape index (κ3) is 4.84. The molecule has 0 heterocycles. The SMILES string of the molecule is CCC(C)NC(C)I. The van der Waals surface area contributed by atoms with Crippen LogP contribution in [-0.4, -0.2) is 10.1 Å². The summed E-state index contributed by atoms with van der Waals surface area (Å²) in [6.45, 7) is 6.55. The maximum Gasteiger partial charge on any atom is 0.0566 e. The zero-order chi connectivity index (χ0) is 6.57. The van der Waals surface area contributed by atoms with Crippen LogP contribution in [0.1, 0.15) is 27.2 Å². The van der Waals surface area contributed by atoms with E-state index in [1.54, 1.807) is 0 Å². The highest BCUT2D eigenvalue weighted by atomic mass is 127. The van der Waals surface area contributed by atoms with Crippen LogP contribution in [-0.2, 0) is 0 Å². The van der Waals surface area contributed by atoms with Crippen LogP contribution in [0.5, 0.6) is 0 Å². The average molecular weight is 227 g/mol. The Labute approximate surface area is 65.4 Å². The molecular weight excluding hydrogens is 213 g/mol. The maximum absolute atomic E-state index is 3.38. The van der Waals surface area contributed by atoms with Gasteiger partial charge in [-0.05, 0) is 20.3 Å². The number of nitrogens with one attached hydrogen (secondary N) is 1. The van der Waals surface area contributed by atoms with Gasteiger partial charge in [-0.2, -0.15) is 0 Å². The molecule has 0 aromatic carbocycles. The lowest BCUT2D eigenvalue weighted by Crippen LogP contribution is -2.29. The Morgan fingerprint density at radius 3 is 2.12 bits per heavy atom. The molecule has 0 amide bonds. The Hall–Kier alpha value is 0.690. The molecule has 0 aromatic heterocycles. The van der Waals surface area contributed by atoms with Gasteiger partial charge in [0.1, 0.15) is 0 Å². The van der Waals surface area contributed by atoms with Crippen molar-refractivity contribution in [2.24, 2.45) is 0 Å². The molecule has 1 N–H and O–H groups in total. The first-order valence-electron chi connectivity index (χ1n) is 3.07. The highest BCUT2D eigenvalue weighted by molar-refractivity contribution is 14.1. The van der Waals surface area contributed by atoms with Crippen LogP contribution in [0.2, 0.25) is 0 Å². The fourth-order valence-electron chi connectivity index (χ4n) is 0.510. The van der Waals surface area contributed by atoms with Crippen LogP contribution < -0.4 is 5.32 Å². The fourth-order valence-corrected chi connectivity index (χ4v) is 1.12. The summed E-state index contributed by atoms with van der Waals surface area (Å²) in [5.74, 6) is 0. The van der Waals surface area contributed by atoms with Gasteiger partial charge in [-0.25, -0.2) is 0 Å². The molecule has 1 nitrogen and oxygen atoms in total. The van der Waals surface area contributed by atoms with E-state index < -0.39 is 0 Å². The van der Waals surface area contributed by atoms with Gasteiger partial charge >= 0.3 is 0 Å². The van der Waals surface area contributed by atoms with Gasteiger partial charge in [-0.15, -0.1) is 0 Å². The Morgan fingerprint density at radius 1 is 1.50 bits per heavy atom. The van der Waals surface area contributed by atoms with Crippen LogP contribution in [0.15, 0.2) is 0 Å². The molecule has 0 spiro atoms. The quantitative estimate of drug-likeness (QED) is 0.442. The molecule has 0 aliphatic heterocycles. The van der Waals surface area contributed by atoms with Gasteiger partial charge < -0.3 is 5.32 Å². The molecule has 2 unspecified atom stereocenters. The minimum absolute atomic E-state index is 0.600. The summed E-state index contributed by atoms with van der Waals surface area (Å²) in [5, 5.41) is 3.38. The van der Waals surface area contributed by atoms with Crippen LogP contribution in [0.3, 0.4) is 0 Å². The Morgan fingerprint density at radius 2 is 2.00 bits per heavy atom. The van der Waals surface area contributed by atoms with Gasteiger partial charge in [-0.3, -0.25) is 0 Å². The lowest BCUT2D eigenvalue weighted by molar-refractivity contribution is 0.542. The van der Waals surface area contributed by atoms with Crippen LogP contribution in [0.4, 0.5) is 0 Å².